The number of halogens is 1. The van der Waals surface area contributed by atoms with E-state index in [1.807, 2.05) is 0 Å². The highest BCUT2D eigenvalue weighted by Crippen LogP contribution is 2.36. The largest absolute Gasteiger partial charge is 0.310 e. The van der Waals surface area contributed by atoms with Gasteiger partial charge in [-0.25, -0.2) is 0 Å². The van der Waals surface area contributed by atoms with E-state index >= 15 is 0 Å². The van der Waals surface area contributed by atoms with Crippen LogP contribution in [0.25, 0.3) is 0 Å². The Hall–Kier alpha value is -1.31. The Morgan fingerprint density at radius 2 is 1.81 bits per heavy atom. The molecule has 0 radical (unpaired) electrons. The van der Waals surface area contributed by atoms with Gasteiger partial charge in [-0.1, -0.05) is 54.9 Å². The first-order valence-electron chi connectivity index (χ1n) is 7.75. The Kier molecular flexibility index (Phi) is 4.32. The summed E-state index contributed by atoms with van der Waals surface area (Å²) in [5, 5.41) is 4.53. The minimum absolute atomic E-state index is 0.375. The summed E-state index contributed by atoms with van der Waals surface area (Å²) < 4.78 is 0. The van der Waals surface area contributed by atoms with Gasteiger partial charge in [0.1, 0.15) is 0 Å². The normalized spacial score (nSPS) is 16.0. The van der Waals surface area contributed by atoms with E-state index in [0.717, 1.165) is 30.0 Å². The number of fused-ring (bicyclic) bond motifs is 1. The molecule has 0 heterocycles. The third kappa shape index (κ3) is 3.00. The molecule has 21 heavy (non-hydrogen) atoms. The van der Waals surface area contributed by atoms with E-state index < -0.39 is 0 Å². The molecule has 1 N–H and O–H groups in total. The van der Waals surface area contributed by atoms with Crippen LogP contribution in [0.15, 0.2) is 42.5 Å². The Morgan fingerprint density at radius 3 is 2.38 bits per heavy atom. The molecule has 0 saturated heterocycles. The summed E-state index contributed by atoms with van der Waals surface area (Å²) in [5.74, 6) is 0.612. The highest BCUT2D eigenvalue weighted by molar-refractivity contribution is 6.31. The van der Waals surface area contributed by atoms with Crippen LogP contribution in [0.4, 0.5) is 0 Å². The molecule has 0 bridgehead atoms. The maximum atomic E-state index is 6.33. The van der Waals surface area contributed by atoms with Gasteiger partial charge in [0.05, 0.1) is 0 Å². The smallest absolute Gasteiger partial charge is 0.0438 e. The van der Waals surface area contributed by atoms with Gasteiger partial charge in [-0.05, 0) is 60.5 Å². The number of benzene rings is 2. The van der Waals surface area contributed by atoms with E-state index in [2.05, 4.69) is 61.6 Å². The molecular weight excluding hydrogens is 278 g/mol. The van der Waals surface area contributed by atoms with Crippen LogP contribution in [0.1, 0.15) is 35.2 Å². The zero-order chi connectivity index (χ0) is 14.8. The van der Waals surface area contributed by atoms with Crippen molar-refractivity contribution in [3.63, 3.8) is 0 Å². The fourth-order valence-electron chi connectivity index (χ4n) is 3.41. The zero-order valence-corrected chi connectivity index (χ0v) is 13.5. The molecule has 0 spiro atoms. The molecule has 0 amide bonds. The van der Waals surface area contributed by atoms with E-state index in [1.54, 1.807) is 0 Å². The topological polar surface area (TPSA) is 12.0 Å². The van der Waals surface area contributed by atoms with Gasteiger partial charge in [0.2, 0.25) is 0 Å². The zero-order valence-electron chi connectivity index (χ0n) is 12.7. The molecule has 2 aromatic rings. The molecular formula is C19H22ClN. The summed E-state index contributed by atoms with van der Waals surface area (Å²) in [6.45, 7) is 5.20. The van der Waals surface area contributed by atoms with Crippen molar-refractivity contribution in [1.82, 2.24) is 5.32 Å². The van der Waals surface area contributed by atoms with Crippen molar-refractivity contribution in [1.29, 1.82) is 0 Å². The molecule has 3 rings (SSSR count). The first-order valence-corrected chi connectivity index (χ1v) is 8.13. The van der Waals surface area contributed by atoms with E-state index in [4.69, 9.17) is 11.6 Å². The van der Waals surface area contributed by atoms with Crippen LogP contribution in [0.5, 0.6) is 0 Å². The van der Waals surface area contributed by atoms with Crippen LogP contribution in [0, 0.1) is 12.8 Å². The van der Waals surface area contributed by atoms with Gasteiger partial charge in [-0.2, -0.15) is 0 Å². The molecule has 1 unspecified atom stereocenters. The lowest BCUT2D eigenvalue weighted by molar-refractivity contribution is 0.380. The lowest BCUT2D eigenvalue weighted by Crippen LogP contribution is -2.28. The highest BCUT2D eigenvalue weighted by Gasteiger charge is 2.29. The van der Waals surface area contributed by atoms with Crippen molar-refractivity contribution in [2.75, 3.05) is 6.54 Å². The van der Waals surface area contributed by atoms with Gasteiger partial charge < -0.3 is 5.32 Å². The number of rotatable bonds is 4. The van der Waals surface area contributed by atoms with Crippen molar-refractivity contribution in [2.24, 2.45) is 5.92 Å². The van der Waals surface area contributed by atoms with Gasteiger partial charge >= 0.3 is 0 Å². The van der Waals surface area contributed by atoms with Crippen LogP contribution in [0.2, 0.25) is 5.02 Å². The molecule has 0 saturated carbocycles. The van der Waals surface area contributed by atoms with Crippen LogP contribution < -0.4 is 5.32 Å². The lowest BCUT2D eigenvalue weighted by Gasteiger charge is -2.25. The lowest BCUT2D eigenvalue weighted by atomic mass is 9.90. The summed E-state index contributed by atoms with van der Waals surface area (Å²) in [6, 6.07) is 15.7. The molecule has 0 aromatic heterocycles. The monoisotopic (exact) mass is 299 g/mol. The van der Waals surface area contributed by atoms with Crippen molar-refractivity contribution in [3.05, 3.63) is 69.7 Å². The van der Waals surface area contributed by atoms with E-state index in [0.29, 0.717) is 12.0 Å². The molecule has 1 nitrogen and oxygen atoms in total. The van der Waals surface area contributed by atoms with E-state index in [1.165, 1.54) is 16.7 Å². The maximum absolute atomic E-state index is 6.33. The maximum Gasteiger partial charge on any atom is 0.0438 e. The summed E-state index contributed by atoms with van der Waals surface area (Å²) in [6.07, 6.45) is 2.30. The van der Waals surface area contributed by atoms with Crippen LogP contribution in [-0.2, 0) is 12.8 Å². The fourth-order valence-corrected chi connectivity index (χ4v) is 3.60. The second-order valence-corrected chi connectivity index (χ2v) is 6.39. The molecule has 2 aromatic carbocycles. The van der Waals surface area contributed by atoms with Gasteiger partial charge in [-0.3, -0.25) is 0 Å². The summed E-state index contributed by atoms with van der Waals surface area (Å²) in [4.78, 5) is 0. The average Bonchev–Trinajstić information content (AvgIpc) is 2.91. The van der Waals surface area contributed by atoms with Crippen molar-refractivity contribution in [2.45, 2.75) is 32.7 Å². The number of nitrogens with one attached hydrogen (secondary N) is 1. The molecule has 1 aliphatic carbocycles. The fraction of sp³-hybridized carbons (Fsp3) is 0.368. The van der Waals surface area contributed by atoms with Gasteiger partial charge in [0.15, 0.2) is 0 Å². The van der Waals surface area contributed by atoms with E-state index in [9.17, 15) is 0 Å². The molecule has 1 atom stereocenters. The van der Waals surface area contributed by atoms with Gasteiger partial charge in [-0.15, -0.1) is 0 Å². The SMILES string of the molecule is CCNC(c1ccc(C)c(Cl)c1)C1Cc2ccccc2C1. The molecule has 1 aliphatic rings. The van der Waals surface area contributed by atoms with Crippen molar-refractivity contribution < 1.29 is 0 Å². The molecule has 2 heteroatoms. The van der Waals surface area contributed by atoms with Crippen LogP contribution in [0.3, 0.4) is 0 Å². The van der Waals surface area contributed by atoms with Crippen LogP contribution >= 0.6 is 11.6 Å². The molecule has 0 aliphatic heterocycles. The first kappa shape index (κ1) is 14.6. The first-order chi connectivity index (χ1) is 10.2. The summed E-state index contributed by atoms with van der Waals surface area (Å²) in [5.41, 5.74) is 5.46. The minimum atomic E-state index is 0.375. The standard InChI is InChI=1S/C19H22ClN/c1-3-21-19(16-9-8-13(2)18(20)12-16)17-10-14-6-4-5-7-15(14)11-17/h4-9,12,17,19,21H,3,10-11H2,1-2H3. The van der Waals surface area contributed by atoms with E-state index in [-0.39, 0.29) is 0 Å². The molecule has 0 fully saturated rings. The second-order valence-electron chi connectivity index (χ2n) is 5.98. The minimum Gasteiger partial charge on any atom is -0.310 e. The Balaban J connectivity index is 1.87. The Labute approximate surface area is 132 Å². The second kappa shape index (κ2) is 6.21. The average molecular weight is 300 g/mol. The predicted octanol–water partition coefficient (Wildman–Crippen LogP) is 4.71. The third-order valence-electron chi connectivity index (χ3n) is 4.53. The molecule has 110 valence electrons. The predicted molar refractivity (Wildman–Crippen MR) is 89.9 cm³/mol. The quantitative estimate of drug-likeness (QED) is 0.862. The number of hydrogen-bond donors (Lipinski definition) is 1. The van der Waals surface area contributed by atoms with Gasteiger partial charge in [0, 0.05) is 11.1 Å². The van der Waals surface area contributed by atoms with Crippen LogP contribution in [-0.4, -0.2) is 6.54 Å². The Morgan fingerprint density at radius 1 is 1.14 bits per heavy atom. The van der Waals surface area contributed by atoms with Crippen molar-refractivity contribution in [3.8, 4) is 0 Å². The summed E-state index contributed by atoms with van der Waals surface area (Å²) >= 11 is 6.33. The Bertz CT molecular complexity index is 610. The number of hydrogen-bond acceptors (Lipinski definition) is 1. The highest BCUT2D eigenvalue weighted by atomic mass is 35.5. The third-order valence-corrected chi connectivity index (χ3v) is 4.94. The number of aryl methyl sites for hydroxylation is 1. The van der Waals surface area contributed by atoms with Gasteiger partial charge in [0.25, 0.3) is 0 Å². The summed E-state index contributed by atoms with van der Waals surface area (Å²) in [7, 11) is 0. The van der Waals surface area contributed by atoms with Crippen molar-refractivity contribution >= 4 is 11.6 Å².